The third kappa shape index (κ3) is 6.16. The number of benzene rings is 2. The van der Waals surface area contributed by atoms with E-state index in [2.05, 4.69) is 22.5 Å². The number of carbonyl (C=O) groups is 1. The van der Waals surface area contributed by atoms with Crippen molar-refractivity contribution in [3.05, 3.63) is 93.2 Å². The van der Waals surface area contributed by atoms with E-state index in [-0.39, 0.29) is 23.6 Å². The fourth-order valence-corrected chi connectivity index (χ4v) is 5.30. The normalized spacial score (nSPS) is 13.7. The van der Waals surface area contributed by atoms with Gasteiger partial charge in [-0.1, -0.05) is 50.3 Å². The van der Waals surface area contributed by atoms with Crippen LogP contribution < -0.4 is 5.56 Å². The number of nitrogens with zero attached hydrogens (tertiary/aromatic N) is 3. The van der Waals surface area contributed by atoms with E-state index >= 15 is 0 Å². The van der Waals surface area contributed by atoms with E-state index in [1.807, 2.05) is 31.2 Å². The van der Waals surface area contributed by atoms with Crippen LogP contribution in [0.25, 0.3) is 16.7 Å². The number of amides is 1. The highest BCUT2D eigenvalue weighted by Crippen LogP contribution is 2.35. The number of aromatic amines is 1. The molecule has 0 unspecified atom stereocenters. The molecule has 1 aliphatic rings. The number of rotatable bonds is 9. The predicted molar refractivity (Wildman–Crippen MR) is 154 cm³/mol. The fraction of sp³-hybridized carbons (Fsp3) is 0.344. The van der Waals surface area contributed by atoms with E-state index in [4.69, 9.17) is 5.26 Å². The second-order valence-corrected chi connectivity index (χ2v) is 10.3. The van der Waals surface area contributed by atoms with Gasteiger partial charge in [-0.25, -0.2) is 4.39 Å². The maximum Gasteiger partial charge on any atom is 0.264 e. The van der Waals surface area contributed by atoms with Gasteiger partial charge in [-0.05, 0) is 54.2 Å². The second kappa shape index (κ2) is 12.8. The van der Waals surface area contributed by atoms with Gasteiger partial charge < -0.3 is 15.0 Å². The SMILES string of the molecule is C=C(C)c1c(F)cccc1CN1CCN(C(=O)c2c(O)c(-c3cccc(CC#N)c3)c(CCCC)[nH]c2=O)CC1. The Bertz CT molecular complexity index is 1510. The Morgan fingerprint density at radius 2 is 1.88 bits per heavy atom. The molecule has 1 aromatic heterocycles. The quantitative estimate of drug-likeness (QED) is 0.383. The Morgan fingerprint density at radius 1 is 1.15 bits per heavy atom. The summed E-state index contributed by atoms with van der Waals surface area (Å²) in [7, 11) is 0. The highest BCUT2D eigenvalue weighted by Gasteiger charge is 2.29. The average molecular weight is 543 g/mol. The lowest BCUT2D eigenvalue weighted by Gasteiger charge is -2.35. The number of H-pyrrole nitrogens is 1. The van der Waals surface area contributed by atoms with Crippen LogP contribution in [0.3, 0.4) is 0 Å². The largest absolute Gasteiger partial charge is 0.506 e. The number of aromatic nitrogens is 1. The Morgan fingerprint density at radius 3 is 2.55 bits per heavy atom. The smallest absolute Gasteiger partial charge is 0.264 e. The Hall–Kier alpha value is -4.22. The topological polar surface area (TPSA) is 100 Å². The van der Waals surface area contributed by atoms with Crippen molar-refractivity contribution in [2.75, 3.05) is 26.2 Å². The number of aryl methyl sites for hydroxylation is 1. The summed E-state index contributed by atoms with van der Waals surface area (Å²) in [6, 6.07) is 14.4. The molecule has 0 radical (unpaired) electrons. The molecular formula is C32H35FN4O3. The Kier molecular flexibility index (Phi) is 9.18. The van der Waals surface area contributed by atoms with E-state index in [0.29, 0.717) is 67.1 Å². The molecule has 1 saturated heterocycles. The molecule has 0 aliphatic carbocycles. The standard InChI is InChI=1S/C32H35FN4O3/c1-4-5-12-26-28(23-9-6-8-22(19-23)13-14-34)30(38)29(31(39)35-26)32(40)37-17-15-36(16-18-37)20-24-10-7-11-25(33)27(24)21(2)3/h6-11,19H,2,4-5,12-13,15-18,20H2,1,3H3,(H2,35,38,39). The number of unbranched alkanes of at least 4 members (excludes halogenated alkanes) is 1. The van der Waals surface area contributed by atoms with E-state index in [9.17, 15) is 19.1 Å². The molecule has 0 atom stereocenters. The molecular weight excluding hydrogens is 507 g/mol. The summed E-state index contributed by atoms with van der Waals surface area (Å²) in [6.07, 6.45) is 2.44. The van der Waals surface area contributed by atoms with E-state index in [1.165, 1.54) is 6.07 Å². The molecule has 1 amide bonds. The van der Waals surface area contributed by atoms with Gasteiger partial charge in [0, 0.05) is 49.5 Å². The number of allylic oxidation sites excluding steroid dienone is 1. The van der Waals surface area contributed by atoms with Crippen molar-refractivity contribution < 1.29 is 14.3 Å². The van der Waals surface area contributed by atoms with Gasteiger partial charge in [-0.3, -0.25) is 14.5 Å². The number of carbonyl (C=O) groups excluding carboxylic acids is 1. The highest BCUT2D eigenvalue weighted by molar-refractivity contribution is 5.99. The number of piperazine rings is 1. The number of nitriles is 1. The summed E-state index contributed by atoms with van der Waals surface area (Å²) < 4.78 is 14.4. The summed E-state index contributed by atoms with van der Waals surface area (Å²) in [5, 5.41) is 20.5. The van der Waals surface area contributed by atoms with Gasteiger partial charge in [0.1, 0.15) is 17.1 Å². The zero-order chi connectivity index (χ0) is 28.8. The lowest BCUT2D eigenvalue weighted by Crippen LogP contribution is -2.49. The molecule has 7 nitrogen and oxygen atoms in total. The van der Waals surface area contributed by atoms with Crippen LogP contribution in [0.15, 0.2) is 53.8 Å². The first kappa shape index (κ1) is 28.8. The minimum absolute atomic E-state index is 0.210. The molecule has 4 rings (SSSR count). The second-order valence-electron chi connectivity index (χ2n) is 10.3. The maximum atomic E-state index is 14.4. The van der Waals surface area contributed by atoms with E-state index < -0.39 is 11.5 Å². The van der Waals surface area contributed by atoms with Gasteiger partial charge >= 0.3 is 0 Å². The number of halogens is 1. The fourth-order valence-electron chi connectivity index (χ4n) is 5.30. The Labute approximate surface area is 234 Å². The molecule has 0 bridgehead atoms. The molecule has 0 spiro atoms. The first-order valence-electron chi connectivity index (χ1n) is 13.6. The van der Waals surface area contributed by atoms with Gasteiger partial charge in [-0.15, -0.1) is 0 Å². The van der Waals surface area contributed by atoms with Crippen molar-refractivity contribution >= 4 is 11.5 Å². The number of hydrogen-bond donors (Lipinski definition) is 2. The van der Waals surface area contributed by atoms with Crippen LogP contribution in [0.5, 0.6) is 5.75 Å². The summed E-state index contributed by atoms with van der Waals surface area (Å²) in [4.78, 5) is 33.3. The average Bonchev–Trinajstić information content (AvgIpc) is 2.92. The number of nitrogens with one attached hydrogen (secondary N) is 1. The van der Waals surface area contributed by atoms with Gasteiger partial charge in [-0.2, -0.15) is 5.26 Å². The summed E-state index contributed by atoms with van der Waals surface area (Å²) in [5.74, 6) is -1.16. The zero-order valence-corrected chi connectivity index (χ0v) is 23.1. The van der Waals surface area contributed by atoms with Crippen LogP contribution >= 0.6 is 0 Å². The molecule has 8 heteroatoms. The molecule has 2 heterocycles. The van der Waals surface area contributed by atoms with Crippen molar-refractivity contribution in [1.29, 1.82) is 5.26 Å². The molecule has 3 aromatic rings. The van der Waals surface area contributed by atoms with Crippen LogP contribution in [-0.4, -0.2) is 52.0 Å². The molecule has 208 valence electrons. The first-order valence-corrected chi connectivity index (χ1v) is 13.6. The molecule has 2 aromatic carbocycles. The van der Waals surface area contributed by atoms with Crippen molar-refractivity contribution in [2.45, 2.75) is 46.1 Å². The monoisotopic (exact) mass is 542 g/mol. The lowest BCUT2D eigenvalue weighted by atomic mass is 9.95. The molecule has 40 heavy (non-hydrogen) atoms. The van der Waals surface area contributed by atoms with Crippen LogP contribution in [0.4, 0.5) is 4.39 Å². The minimum Gasteiger partial charge on any atom is -0.506 e. The van der Waals surface area contributed by atoms with Gasteiger partial charge in [0.05, 0.1) is 12.5 Å². The highest BCUT2D eigenvalue weighted by atomic mass is 19.1. The van der Waals surface area contributed by atoms with Crippen molar-refractivity contribution in [2.24, 2.45) is 0 Å². The molecule has 1 aliphatic heterocycles. The maximum absolute atomic E-state index is 14.4. The van der Waals surface area contributed by atoms with Gasteiger partial charge in [0.2, 0.25) is 0 Å². The minimum atomic E-state index is -0.612. The van der Waals surface area contributed by atoms with Crippen molar-refractivity contribution in [3.8, 4) is 22.9 Å². The first-order chi connectivity index (χ1) is 19.2. The third-order valence-electron chi connectivity index (χ3n) is 7.34. The van der Waals surface area contributed by atoms with Gasteiger partial charge in [0.25, 0.3) is 11.5 Å². The third-order valence-corrected chi connectivity index (χ3v) is 7.34. The van der Waals surface area contributed by atoms with E-state index in [1.54, 1.807) is 24.0 Å². The zero-order valence-electron chi connectivity index (χ0n) is 23.1. The van der Waals surface area contributed by atoms with Crippen LogP contribution in [0.1, 0.15) is 59.4 Å². The summed E-state index contributed by atoms with van der Waals surface area (Å²) >= 11 is 0. The van der Waals surface area contributed by atoms with Crippen molar-refractivity contribution in [3.63, 3.8) is 0 Å². The Balaban J connectivity index is 1.59. The van der Waals surface area contributed by atoms with Gasteiger partial charge in [0.15, 0.2) is 0 Å². The number of pyridine rings is 1. The van der Waals surface area contributed by atoms with Crippen LogP contribution in [0.2, 0.25) is 0 Å². The summed E-state index contributed by atoms with van der Waals surface area (Å²) in [6.45, 7) is 10.0. The van der Waals surface area contributed by atoms with Crippen LogP contribution in [-0.2, 0) is 19.4 Å². The number of hydrogen-bond acceptors (Lipinski definition) is 5. The number of aromatic hydroxyl groups is 1. The summed E-state index contributed by atoms with van der Waals surface area (Å²) in [5.41, 5.74) is 3.56. The molecule has 0 saturated carbocycles. The van der Waals surface area contributed by atoms with Crippen molar-refractivity contribution in [1.82, 2.24) is 14.8 Å². The predicted octanol–water partition coefficient (Wildman–Crippen LogP) is 5.29. The van der Waals surface area contributed by atoms with E-state index in [0.717, 1.165) is 24.0 Å². The lowest BCUT2D eigenvalue weighted by molar-refractivity contribution is 0.0623. The van der Waals surface area contributed by atoms with Crippen LogP contribution in [0, 0.1) is 17.1 Å². The molecule has 2 N–H and O–H groups in total. The molecule has 1 fully saturated rings.